The number of anilines is 1. The largest absolute Gasteiger partial charge is 0.383 e. The number of hydrogen-bond donors (Lipinski definition) is 1. The predicted octanol–water partition coefficient (Wildman–Crippen LogP) is 2.54. The molecule has 1 aromatic carbocycles. The lowest BCUT2D eigenvalue weighted by Gasteiger charge is -2.04. The van der Waals surface area contributed by atoms with Crippen molar-refractivity contribution >= 4 is 5.82 Å². The summed E-state index contributed by atoms with van der Waals surface area (Å²) in [6, 6.07) is 8.37. The van der Waals surface area contributed by atoms with Crippen LogP contribution in [0.4, 0.5) is 5.82 Å². The highest BCUT2D eigenvalue weighted by molar-refractivity contribution is 5.77. The van der Waals surface area contributed by atoms with Crippen LogP contribution in [0, 0.1) is 6.92 Å². The van der Waals surface area contributed by atoms with Gasteiger partial charge < -0.3 is 5.73 Å². The van der Waals surface area contributed by atoms with Crippen LogP contribution < -0.4 is 5.73 Å². The summed E-state index contributed by atoms with van der Waals surface area (Å²) in [7, 11) is 1.88. The Hall–Kier alpha value is -1.77. The second-order valence-electron chi connectivity index (χ2n) is 4.05. The van der Waals surface area contributed by atoms with E-state index in [1.165, 1.54) is 5.56 Å². The van der Waals surface area contributed by atoms with Gasteiger partial charge in [-0.05, 0) is 18.9 Å². The lowest BCUT2D eigenvalue weighted by atomic mass is 10.0. The maximum Gasteiger partial charge on any atom is 0.129 e. The molecule has 0 aliphatic carbocycles. The second-order valence-corrected chi connectivity index (χ2v) is 4.05. The van der Waals surface area contributed by atoms with E-state index in [0.717, 1.165) is 29.1 Å². The summed E-state index contributed by atoms with van der Waals surface area (Å²) in [6.07, 6.45) is 0.897. The minimum atomic E-state index is 0.738. The monoisotopic (exact) mass is 215 g/mol. The summed E-state index contributed by atoms with van der Waals surface area (Å²) in [6.45, 7) is 4.18. The van der Waals surface area contributed by atoms with Gasteiger partial charge in [0.2, 0.25) is 0 Å². The van der Waals surface area contributed by atoms with E-state index in [0.29, 0.717) is 0 Å². The molecule has 2 rings (SSSR count). The predicted molar refractivity (Wildman–Crippen MR) is 67.2 cm³/mol. The Balaban J connectivity index is 2.63. The molecule has 0 saturated carbocycles. The van der Waals surface area contributed by atoms with Gasteiger partial charge in [-0.25, -0.2) is 0 Å². The molecule has 0 radical (unpaired) electrons. The number of benzene rings is 1. The van der Waals surface area contributed by atoms with Crippen LogP contribution in [0.1, 0.15) is 18.2 Å². The van der Waals surface area contributed by atoms with Crippen LogP contribution in [0.3, 0.4) is 0 Å². The van der Waals surface area contributed by atoms with Crippen molar-refractivity contribution in [1.29, 1.82) is 0 Å². The summed E-state index contributed by atoms with van der Waals surface area (Å²) in [5, 5.41) is 4.43. The Kier molecular flexibility index (Phi) is 2.69. The first-order chi connectivity index (χ1) is 7.63. The molecule has 0 atom stereocenters. The molecular weight excluding hydrogens is 198 g/mol. The summed E-state index contributed by atoms with van der Waals surface area (Å²) < 4.78 is 1.75. The van der Waals surface area contributed by atoms with Gasteiger partial charge in [-0.1, -0.05) is 36.8 Å². The van der Waals surface area contributed by atoms with Crippen LogP contribution in [0.2, 0.25) is 0 Å². The van der Waals surface area contributed by atoms with Crippen LogP contribution in [0.5, 0.6) is 0 Å². The normalized spacial score (nSPS) is 10.7. The Morgan fingerprint density at radius 2 is 2.12 bits per heavy atom. The van der Waals surface area contributed by atoms with Gasteiger partial charge in [0.15, 0.2) is 0 Å². The van der Waals surface area contributed by atoms with Gasteiger partial charge in [0, 0.05) is 12.6 Å². The highest BCUT2D eigenvalue weighted by Gasteiger charge is 2.13. The van der Waals surface area contributed by atoms with E-state index in [4.69, 9.17) is 5.73 Å². The lowest BCUT2D eigenvalue weighted by Crippen LogP contribution is -1.98. The Labute approximate surface area is 95.9 Å². The van der Waals surface area contributed by atoms with Crippen molar-refractivity contribution in [3.8, 4) is 11.1 Å². The quantitative estimate of drug-likeness (QED) is 0.836. The number of aryl methyl sites for hydroxylation is 3. The van der Waals surface area contributed by atoms with Crippen molar-refractivity contribution in [3.05, 3.63) is 35.5 Å². The van der Waals surface area contributed by atoms with E-state index in [1.807, 2.05) is 7.05 Å². The Morgan fingerprint density at radius 1 is 1.38 bits per heavy atom. The van der Waals surface area contributed by atoms with Crippen molar-refractivity contribution in [3.63, 3.8) is 0 Å². The highest BCUT2D eigenvalue weighted by atomic mass is 15.3. The number of nitrogens with zero attached hydrogens (tertiary/aromatic N) is 2. The molecule has 0 unspecified atom stereocenters. The van der Waals surface area contributed by atoms with Crippen LogP contribution >= 0.6 is 0 Å². The number of rotatable bonds is 2. The highest BCUT2D eigenvalue weighted by Crippen LogP contribution is 2.29. The molecule has 1 aromatic heterocycles. The molecule has 84 valence electrons. The Bertz CT molecular complexity index is 512. The lowest BCUT2D eigenvalue weighted by molar-refractivity contribution is 0.755. The zero-order valence-electron chi connectivity index (χ0n) is 9.99. The number of nitrogens with two attached hydrogens (primary N) is 1. The van der Waals surface area contributed by atoms with Crippen molar-refractivity contribution in [2.24, 2.45) is 7.05 Å². The van der Waals surface area contributed by atoms with E-state index in [-0.39, 0.29) is 0 Å². The van der Waals surface area contributed by atoms with Crippen LogP contribution in [0.15, 0.2) is 24.3 Å². The van der Waals surface area contributed by atoms with Gasteiger partial charge in [0.05, 0.1) is 5.69 Å². The third-order valence-electron chi connectivity index (χ3n) is 2.81. The van der Waals surface area contributed by atoms with E-state index in [2.05, 4.69) is 43.2 Å². The SMILES string of the molecule is CCc1nn(C)c(N)c1-c1cccc(C)c1. The molecule has 0 amide bonds. The van der Waals surface area contributed by atoms with Crippen LogP contribution in [-0.4, -0.2) is 9.78 Å². The zero-order chi connectivity index (χ0) is 11.7. The molecule has 0 aliphatic rings. The topological polar surface area (TPSA) is 43.8 Å². The van der Waals surface area contributed by atoms with Gasteiger partial charge in [-0.3, -0.25) is 4.68 Å². The minimum absolute atomic E-state index is 0.738. The average Bonchev–Trinajstić information content (AvgIpc) is 2.55. The third-order valence-corrected chi connectivity index (χ3v) is 2.81. The van der Waals surface area contributed by atoms with Gasteiger partial charge >= 0.3 is 0 Å². The molecule has 2 N–H and O–H groups in total. The van der Waals surface area contributed by atoms with E-state index in [1.54, 1.807) is 4.68 Å². The smallest absolute Gasteiger partial charge is 0.129 e. The first-order valence-electron chi connectivity index (χ1n) is 5.52. The summed E-state index contributed by atoms with van der Waals surface area (Å²) in [4.78, 5) is 0. The van der Waals surface area contributed by atoms with Gasteiger partial charge in [-0.2, -0.15) is 5.10 Å². The molecule has 3 nitrogen and oxygen atoms in total. The zero-order valence-corrected chi connectivity index (χ0v) is 9.99. The molecule has 16 heavy (non-hydrogen) atoms. The molecular formula is C13H17N3. The second kappa shape index (κ2) is 4.00. The minimum Gasteiger partial charge on any atom is -0.383 e. The number of aromatic nitrogens is 2. The molecule has 0 spiro atoms. The van der Waals surface area contributed by atoms with E-state index >= 15 is 0 Å². The third kappa shape index (κ3) is 1.69. The standard InChI is InChI=1S/C13H17N3/c1-4-11-12(13(14)16(3)15-11)10-7-5-6-9(2)8-10/h5-8H,4,14H2,1-3H3. The maximum atomic E-state index is 6.06. The van der Waals surface area contributed by atoms with Crippen molar-refractivity contribution in [2.75, 3.05) is 5.73 Å². The molecule has 0 bridgehead atoms. The van der Waals surface area contributed by atoms with E-state index in [9.17, 15) is 0 Å². The number of nitrogen functional groups attached to an aromatic ring is 1. The summed E-state index contributed by atoms with van der Waals surface area (Å²) >= 11 is 0. The van der Waals surface area contributed by atoms with Crippen molar-refractivity contribution in [1.82, 2.24) is 9.78 Å². The fourth-order valence-electron chi connectivity index (χ4n) is 1.96. The fraction of sp³-hybridized carbons (Fsp3) is 0.308. The summed E-state index contributed by atoms with van der Waals surface area (Å²) in [5.74, 6) is 0.738. The molecule has 0 saturated heterocycles. The van der Waals surface area contributed by atoms with Gasteiger partial charge in [-0.15, -0.1) is 0 Å². The molecule has 2 aromatic rings. The fourth-order valence-corrected chi connectivity index (χ4v) is 1.96. The first-order valence-corrected chi connectivity index (χ1v) is 5.52. The molecule has 0 fully saturated rings. The summed E-state index contributed by atoms with van der Waals surface area (Å²) in [5.41, 5.74) is 10.6. The average molecular weight is 215 g/mol. The first kappa shape index (κ1) is 10.7. The maximum absolute atomic E-state index is 6.06. The van der Waals surface area contributed by atoms with Gasteiger partial charge in [0.25, 0.3) is 0 Å². The molecule has 3 heteroatoms. The van der Waals surface area contributed by atoms with E-state index < -0.39 is 0 Å². The van der Waals surface area contributed by atoms with Gasteiger partial charge in [0.1, 0.15) is 5.82 Å². The molecule has 0 aliphatic heterocycles. The van der Waals surface area contributed by atoms with Crippen molar-refractivity contribution in [2.45, 2.75) is 20.3 Å². The Morgan fingerprint density at radius 3 is 2.75 bits per heavy atom. The van der Waals surface area contributed by atoms with Crippen LogP contribution in [0.25, 0.3) is 11.1 Å². The number of hydrogen-bond acceptors (Lipinski definition) is 2. The van der Waals surface area contributed by atoms with Crippen molar-refractivity contribution < 1.29 is 0 Å². The van der Waals surface area contributed by atoms with Crippen LogP contribution in [-0.2, 0) is 13.5 Å². The molecule has 1 heterocycles.